The van der Waals surface area contributed by atoms with Crippen molar-refractivity contribution in [2.45, 2.75) is 57.8 Å². The Kier molecular flexibility index (Phi) is 9.03. The molecule has 19 heavy (non-hydrogen) atoms. The van der Waals surface area contributed by atoms with Gasteiger partial charge in [-0.05, 0) is 25.0 Å². The summed E-state index contributed by atoms with van der Waals surface area (Å²) in [6, 6.07) is 9.83. The molecule has 1 aromatic carbocycles. The number of alkyl halides is 2. The summed E-state index contributed by atoms with van der Waals surface area (Å²) in [5.74, 6) is 0.925. The van der Waals surface area contributed by atoms with Gasteiger partial charge in [0.15, 0.2) is 0 Å². The monoisotopic (exact) mass is 270 g/mol. The van der Waals surface area contributed by atoms with Crippen LogP contribution in [0.4, 0.5) is 8.78 Å². The molecule has 0 radical (unpaired) electrons. The molecule has 0 N–H and O–H groups in total. The molecule has 3 heteroatoms. The van der Waals surface area contributed by atoms with Gasteiger partial charge in [0.2, 0.25) is 6.43 Å². The van der Waals surface area contributed by atoms with Gasteiger partial charge in [0.25, 0.3) is 0 Å². The van der Waals surface area contributed by atoms with Crippen LogP contribution in [0.2, 0.25) is 0 Å². The first-order valence-corrected chi connectivity index (χ1v) is 7.25. The molecule has 0 atom stereocenters. The van der Waals surface area contributed by atoms with Gasteiger partial charge in [-0.15, -0.1) is 0 Å². The van der Waals surface area contributed by atoms with Crippen LogP contribution in [0.3, 0.4) is 0 Å². The zero-order chi connectivity index (χ0) is 13.8. The molecule has 0 aromatic heterocycles. The van der Waals surface area contributed by atoms with Gasteiger partial charge in [0.05, 0.1) is 6.61 Å². The van der Waals surface area contributed by atoms with Crippen molar-refractivity contribution in [3.05, 3.63) is 30.3 Å². The van der Waals surface area contributed by atoms with Crippen LogP contribution in [0.1, 0.15) is 51.4 Å². The molecule has 0 fully saturated rings. The third-order valence-corrected chi connectivity index (χ3v) is 3.08. The van der Waals surface area contributed by atoms with Crippen LogP contribution in [-0.4, -0.2) is 13.0 Å². The van der Waals surface area contributed by atoms with Gasteiger partial charge in [-0.25, -0.2) is 8.78 Å². The third kappa shape index (κ3) is 9.46. The first-order valence-electron chi connectivity index (χ1n) is 7.25. The van der Waals surface area contributed by atoms with E-state index in [2.05, 4.69) is 0 Å². The number of halogens is 2. The zero-order valence-corrected chi connectivity index (χ0v) is 11.5. The SMILES string of the molecule is FC(F)CCCCCCCCCOc1ccccc1. The van der Waals surface area contributed by atoms with Crippen molar-refractivity contribution >= 4 is 0 Å². The highest BCUT2D eigenvalue weighted by atomic mass is 19.3. The van der Waals surface area contributed by atoms with E-state index in [1.165, 1.54) is 6.42 Å². The normalized spacial score (nSPS) is 10.9. The van der Waals surface area contributed by atoms with Gasteiger partial charge in [-0.3, -0.25) is 0 Å². The summed E-state index contributed by atoms with van der Waals surface area (Å²) >= 11 is 0. The quantitative estimate of drug-likeness (QED) is 0.486. The maximum Gasteiger partial charge on any atom is 0.238 e. The molecule has 108 valence electrons. The summed E-state index contributed by atoms with van der Waals surface area (Å²) < 4.78 is 29.3. The summed E-state index contributed by atoms with van der Waals surface area (Å²) in [5, 5.41) is 0. The molecular formula is C16H24F2O. The summed E-state index contributed by atoms with van der Waals surface area (Å²) in [4.78, 5) is 0. The van der Waals surface area contributed by atoms with Crippen LogP contribution in [0.5, 0.6) is 5.75 Å². The smallest absolute Gasteiger partial charge is 0.238 e. The molecule has 0 amide bonds. The Morgan fingerprint density at radius 2 is 1.37 bits per heavy atom. The lowest BCUT2D eigenvalue weighted by molar-refractivity contribution is 0.133. The Balaban J connectivity index is 1.81. The second kappa shape index (κ2) is 10.8. The van der Waals surface area contributed by atoms with E-state index in [1.54, 1.807) is 0 Å². The van der Waals surface area contributed by atoms with Gasteiger partial charge in [0, 0.05) is 6.42 Å². The van der Waals surface area contributed by atoms with E-state index >= 15 is 0 Å². The van der Waals surface area contributed by atoms with Gasteiger partial charge in [0.1, 0.15) is 5.75 Å². The van der Waals surface area contributed by atoms with E-state index in [4.69, 9.17) is 4.74 Å². The van der Waals surface area contributed by atoms with Crippen molar-refractivity contribution in [1.82, 2.24) is 0 Å². The molecule has 1 aromatic rings. The Labute approximate surface area is 115 Å². The van der Waals surface area contributed by atoms with E-state index in [0.29, 0.717) is 6.42 Å². The molecule has 0 aliphatic rings. The highest BCUT2D eigenvalue weighted by Gasteiger charge is 2.00. The average Bonchev–Trinajstić information content (AvgIpc) is 2.42. The van der Waals surface area contributed by atoms with Gasteiger partial charge >= 0.3 is 0 Å². The van der Waals surface area contributed by atoms with Crippen LogP contribution >= 0.6 is 0 Å². The second-order valence-corrected chi connectivity index (χ2v) is 4.82. The largest absolute Gasteiger partial charge is 0.494 e. The maximum atomic E-state index is 11.9. The number of benzene rings is 1. The topological polar surface area (TPSA) is 9.23 Å². The molecule has 0 saturated carbocycles. The first-order chi connectivity index (χ1) is 9.29. The second-order valence-electron chi connectivity index (χ2n) is 4.82. The fourth-order valence-corrected chi connectivity index (χ4v) is 1.99. The fraction of sp³-hybridized carbons (Fsp3) is 0.625. The number of hydrogen-bond acceptors (Lipinski definition) is 1. The Morgan fingerprint density at radius 1 is 0.789 bits per heavy atom. The lowest BCUT2D eigenvalue weighted by Gasteiger charge is -2.05. The lowest BCUT2D eigenvalue weighted by Crippen LogP contribution is -1.96. The Bertz CT molecular complexity index is 301. The first kappa shape index (κ1) is 15.9. The minimum Gasteiger partial charge on any atom is -0.494 e. The zero-order valence-electron chi connectivity index (χ0n) is 11.5. The number of ether oxygens (including phenoxy) is 1. The van der Waals surface area contributed by atoms with Crippen molar-refractivity contribution < 1.29 is 13.5 Å². The Hall–Kier alpha value is -1.12. The highest BCUT2D eigenvalue weighted by molar-refractivity contribution is 5.20. The minimum absolute atomic E-state index is 0.0604. The van der Waals surface area contributed by atoms with Gasteiger partial charge < -0.3 is 4.74 Å². The van der Waals surface area contributed by atoms with E-state index in [1.807, 2.05) is 30.3 Å². The molecule has 0 bridgehead atoms. The van der Waals surface area contributed by atoms with E-state index in [-0.39, 0.29) is 6.42 Å². The van der Waals surface area contributed by atoms with Crippen molar-refractivity contribution in [2.24, 2.45) is 0 Å². The van der Waals surface area contributed by atoms with Crippen LogP contribution in [0.25, 0.3) is 0 Å². The molecule has 1 nitrogen and oxygen atoms in total. The molecular weight excluding hydrogens is 246 g/mol. The van der Waals surface area contributed by atoms with E-state index < -0.39 is 6.43 Å². The molecule has 0 aliphatic heterocycles. The van der Waals surface area contributed by atoms with Crippen molar-refractivity contribution in [2.75, 3.05) is 6.61 Å². The molecule has 0 aliphatic carbocycles. The fourth-order valence-electron chi connectivity index (χ4n) is 1.99. The van der Waals surface area contributed by atoms with Crippen LogP contribution < -0.4 is 4.74 Å². The van der Waals surface area contributed by atoms with Crippen molar-refractivity contribution in [1.29, 1.82) is 0 Å². The third-order valence-electron chi connectivity index (χ3n) is 3.08. The number of hydrogen-bond donors (Lipinski definition) is 0. The molecule has 0 heterocycles. The van der Waals surface area contributed by atoms with Gasteiger partial charge in [-0.2, -0.15) is 0 Å². The highest BCUT2D eigenvalue weighted by Crippen LogP contribution is 2.12. The summed E-state index contributed by atoms with van der Waals surface area (Å²) in [6.07, 6.45) is 5.14. The lowest BCUT2D eigenvalue weighted by atomic mass is 10.1. The molecule has 0 spiro atoms. The molecule has 1 rings (SSSR count). The van der Waals surface area contributed by atoms with Gasteiger partial charge in [-0.1, -0.05) is 50.3 Å². The predicted molar refractivity (Wildman–Crippen MR) is 74.9 cm³/mol. The summed E-state index contributed by atoms with van der Waals surface area (Å²) in [6.45, 7) is 0.759. The van der Waals surface area contributed by atoms with Crippen LogP contribution in [0.15, 0.2) is 30.3 Å². The Morgan fingerprint density at radius 3 is 2.00 bits per heavy atom. The van der Waals surface area contributed by atoms with Crippen molar-refractivity contribution in [3.63, 3.8) is 0 Å². The minimum atomic E-state index is -2.13. The average molecular weight is 270 g/mol. The van der Waals surface area contributed by atoms with Crippen molar-refractivity contribution in [3.8, 4) is 5.75 Å². The maximum absolute atomic E-state index is 11.9. The number of rotatable bonds is 11. The van der Waals surface area contributed by atoms with Crippen LogP contribution in [-0.2, 0) is 0 Å². The number of unbranched alkanes of at least 4 members (excludes halogenated alkanes) is 6. The predicted octanol–water partition coefficient (Wildman–Crippen LogP) is 5.45. The van der Waals surface area contributed by atoms with Crippen LogP contribution in [0, 0.1) is 0 Å². The summed E-state index contributed by atoms with van der Waals surface area (Å²) in [7, 11) is 0. The molecule has 0 unspecified atom stereocenters. The molecule has 0 saturated heterocycles. The summed E-state index contributed by atoms with van der Waals surface area (Å²) in [5.41, 5.74) is 0. The number of para-hydroxylation sites is 1. The van der Waals surface area contributed by atoms with E-state index in [0.717, 1.165) is 44.5 Å². The standard InChI is InChI=1S/C16H24F2O/c17-16(18)13-9-4-2-1-3-5-10-14-19-15-11-7-6-8-12-15/h6-8,11-12,16H,1-5,9-10,13-14H2. The van der Waals surface area contributed by atoms with E-state index in [9.17, 15) is 8.78 Å².